The Morgan fingerprint density at radius 1 is 1.30 bits per heavy atom. The first-order valence-electron chi connectivity index (χ1n) is 7.04. The van der Waals surface area contributed by atoms with Crippen LogP contribution in [0.5, 0.6) is 0 Å². The summed E-state index contributed by atoms with van der Waals surface area (Å²) >= 11 is 0. The minimum Gasteiger partial charge on any atom is -0.396 e. The van der Waals surface area contributed by atoms with Crippen LogP contribution in [0.1, 0.15) is 31.7 Å². The number of aliphatic hydroxyl groups is 1. The van der Waals surface area contributed by atoms with Crippen LogP contribution in [0.3, 0.4) is 0 Å². The summed E-state index contributed by atoms with van der Waals surface area (Å²) in [6.07, 6.45) is 6.36. The molecule has 1 heterocycles. The predicted molar refractivity (Wildman–Crippen MR) is 79.8 cm³/mol. The molecule has 0 aliphatic rings. The van der Waals surface area contributed by atoms with E-state index in [2.05, 4.69) is 16.6 Å². The monoisotopic (exact) mass is 300 g/mol. The molecule has 1 atom stereocenters. The number of aryl methyl sites for hydroxylation is 1. The Hall–Kier alpha value is -0.980. The number of rotatable bonds is 10. The van der Waals surface area contributed by atoms with E-state index < -0.39 is 10.0 Å². The fourth-order valence-electron chi connectivity index (χ4n) is 2.06. The molecule has 0 saturated carbocycles. The van der Waals surface area contributed by atoms with Crippen molar-refractivity contribution in [2.75, 3.05) is 18.9 Å². The molecule has 0 aliphatic heterocycles. The van der Waals surface area contributed by atoms with Crippen LogP contribution in [-0.2, 0) is 16.4 Å². The van der Waals surface area contributed by atoms with E-state index >= 15 is 0 Å². The predicted octanol–water partition coefficient (Wildman–Crippen LogP) is 1.34. The number of nitrogens with zero attached hydrogens (tertiary/aromatic N) is 1. The van der Waals surface area contributed by atoms with Crippen LogP contribution in [0.2, 0.25) is 0 Å². The van der Waals surface area contributed by atoms with Crippen molar-refractivity contribution in [2.24, 2.45) is 5.92 Å². The van der Waals surface area contributed by atoms with Gasteiger partial charge in [-0.3, -0.25) is 4.98 Å². The van der Waals surface area contributed by atoms with E-state index in [1.165, 1.54) is 0 Å². The smallest absolute Gasteiger partial charge is 0.211 e. The molecule has 1 aromatic rings. The lowest BCUT2D eigenvalue weighted by Gasteiger charge is -2.15. The molecule has 6 heteroatoms. The molecule has 0 bridgehead atoms. The Labute approximate surface area is 121 Å². The summed E-state index contributed by atoms with van der Waals surface area (Å²) < 4.78 is 26.5. The molecule has 1 aromatic heterocycles. The van der Waals surface area contributed by atoms with Gasteiger partial charge in [-0.1, -0.05) is 13.3 Å². The molecule has 1 unspecified atom stereocenters. The maximum Gasteiger partial charge on any atom is 0.211 e. The highest BCUT2D eigenvalue weighted by Crippen LogP contribution is 2.10. The molecular formula is C14H24N2O3S. The molecule has 0 radical (unpaired) electrons. The molecule has 0 fully saturated rings. The van der Waals surface area contributed by atoms with Crippen LogP contribution in [0, 0.1) is 5.92 Å². The highest BCUT2D eigenvalue weighted by molar-refractivity contribution is 7.89. The second kappa shape index (κ2) is 9.05. The van der Waals surface area contributed by atoms with E-state index in [1.54, 1.807) is 12.4 Å². The molecule has 5 nitrogen and oxygen atoms in total. The third-order valence-electron chi connectivity index (χ3n) is 3.24. The largest absolute Gasteiger partial charge is 0.396 e. The molecule has 1 rings (SSSR count). The summed E-state index contributed by atoms with van der Waals surface area (Å²) in [5.74, 6) is 0.287. The summed E-state index contributed by atoms with van der Waals surface area (Å²) in [5, 5.41) is 8.96. The second-order valence-electron chi connectivity index (χ2n) is 4.94. The zero-order valence-corrected chi connectivity index (χ0v) is 12.8. The number of nitrogens with one attached hydrogen (secondary N) is 1. The van der Waals surface area contributed by atoms with Gasteiger partial charge >= 0.3 is 0 Å². The zero-order valence-electron chi connectivity index (χ0n) is 12.0. The van der Waals surface area contributed by atoms with Gasteiger partial charge in [-0.15, -0.1) is 0 Å². The van der Waals surface area contributed by atoms with Gasteiger partial charge in [-0.2, -0.15) is 0 Å². The van der Waals surface area contributed by atoms with Gasteiger partial charge in [0.1, 0.15) is 0 Å². The number of aliphatic hydroxyl groups excluding tert-OH is 1. The Kier molecular flexibility index (Phi) is 7.72. The molecular weight excluding hydrogens is 276 g/mol. The summed E-state index contributed by atoms with van der Waals surface area (Å²) in [6.45, 7) is 2.57. The molecule has 0 spiro atoms. The minimum atomic E-state index is -3.26. The van der Waals surface area contributed by atoms with Crippen molar-refractivity contribution in [1.29, 1.82) is 0 Å². The first-order chi connectivity index (χ1) is 9.57. The van der Waals surface area contributed by atoms with E-state index in [4.69, 9.17) is 5.11 Å². The lowest BCUT2D eigenvalue weighted by Crippen LogP contribution is -2.32. The Balaban J connectivity index is 2.40. The molecule has 0 amide bonds. The van der Waals surface area contributed by atoms with Crippen molar-refractivity contribution in [3.8, 4) is 0 Å². The van der Waals surface area contributed by atoms with Gasteiger partial charge in [0.2, 0.25) is 10.0 Å². The van der Waals surface area contributed by atoms with Gasteiger partial charge in [0.15, 0.2) is 0 Å². The maximum absolute atomic E-state index is 11.9. The SMILES string of the molecule is CCCC(CCO)CNS(=O)(=O)CCc1ccncc1. The van der Waals surface area contributed by atoms with E-state index in [0.29, 0.717) is 19.4 Å². The van der Waals surface area contributed by atoms with Crippen LogP contribution >= 0.6 is 0 Å². The van der Waals surface area contributed by atoms with Crippen LogP contribution in [0.15, 0.2) is 24.5 Å². The first kappa shape index (κ1) is 17.1. The molecule has 20 heavy (non-hydrogen) atoms. The highest BCUT2D eigenvalue weighted by Gasteiger charge is 2.14. The van der Waals surface area contributed by atoms with E-state index in [1.807, 2.05) is 12.1 Å². The first-order valence-corrected chi connectivity index (χ1v) is 8.69. The average molecular weight is 300 g/mol. The third-order valence-corrected chi connectivity index (χ3v) is 4.58. The number of pyridine rings is 1. The van der Waals surface area contributed by atoms with Gasteiger partial charge < -0.3 is 5.11 Å². The summed E-state index contributed by atoms with van der Waals surface area (Å²) in [7, 11) is -3.26. The van der Waals surface area contributed by atoms with Crippen molar-refractivity contribution in [3.05, 3.63) is 30.1 Å². The molecule has 0 aromatic carbocycles. The van der Waals surface area contributed by atoms with Crippen molar-refractivity contribution in [1.82, 2.24) is 9.71 Å². The Bertz CT molecular complexity index is 457. The third kappa shape index (κ3) is 6.98. The number of sulfonamides is 1. The molecule has 114 valence electrons. The van der Waals surface area contributed by atoms with Gasteiger partial charge in [0.05, 0.1) is 5.75 Å². The minimum absolute atomic E-state index is 0.0784. The van der Waals surface area contributed by atoms with E-state index in [9.17, 15) is 8.42 Å². The van der Waals surface area contributed by atoms with Crippen molar-refractivity contribution in [3.63, 3.8) is 0 Å². The van der Waals surface area contributed by atoms with Crippen molar-refractivity contribution in [2.45, 2.75) is 32.6 Å². The normalized spacial score (nSPS) is 13.3. The van der Waals surface area contributed by atoms with Gasteiger partial charge in [-0.25, -0.2) is 13.1 Å². The second-order valence-corrected chi connectivity index (χ2v) is 6.87. The van der Waals surface area contributed by atoms with Gasteiger partial charge in [0, 0.05) is 25.5 Å². The van der Waals surface area contributed by atoms with Crippen LogP contribution in [0.25, 0.3) is 0 Å². The van der Waals surface area contributed by atoms with Crippen molar-refractivity contribution >= 4 is 10.0 Å². The van der Waals surface area contributed by atoms with Gasteiger partial charge in [-0.05, 0) is 42.9 Å². The maximum atomic E-state index is 11.9. The van der Waals surface area contributed by atoms with Crippen LogP contribution < -0.4 is 4.72 Å². The lowest BCUT2D eigenvalue weighted by atomic mass is 10.0. The van der Waals surface area contributed by atoms with Crippen LogP contribution in [0.4, 0.5) is 0 Å². The summed E-state index contributed by atoms with van der Waals surface area (Å²) in [5.41, 5.74) is 0.964. The number of hydrogen-bond donors (Lipinski definition) is 2. The number of hydrogen-bond acceptors (Lipinski definition) is 4. The quantitative estimate of drug-likeness (QED) is 0.683. The fourth-order valence-corrected chi connectivity index (χ4v) is 3.20. The Morgan fingerprint density at radius 3 is 2.60 bits per heavy atom. The van der Waals surface area contributed by atoms with Crippen molar-refractivity contribution < 1.29 is 13.5 Å². The molecule has 2 N–H and O–H groups in total. The zero-order chi connectivity index (χ0) is 14.8. The molecule has 0 aliphatic carbocycles. The van der Waals surface area contributed by atoms with Gasteiger partial charge in [0.25, 0.3) is 0 Å². The lowest BCUT2D eigenvalue weighted by molar-refractivity contribution is 0.251. The van der Waals surface area contributed by atoms with Crippen LogP contribution in [-0.4, -0.2) is 37.4 Å². The fraction of sp³-hybridized carbons (Fsp3) is 0.643. The standard InChI is InChI=1S/C14H24N2O3S/c1-2-3-14(6-10-17)12-16-20(18,19)11-7-13-4-8-15-9-5-13/h4-5,8-9,14,16-17H,2-3,6-7,10-12H2,1H3. The van der Waals surface area contributed by atoms with E-state index in [-0.39, 0.29) is 18.3 Å². The average Bonchev–Trinajstić information content (AvgIpc) is 2.45. The number of aromatic nitrogens is 1. The summed E-state index contributed by atoms with van der Waals surface area (Å²) in [4.78, 5) is 3.90. The summed E-state index contributed by atoms with van der Waals surface area (Å²) in [6, 6.07) is 3.64. The highest BCUT2D eigenvalue weighted by atomic mass is 32.2. The Morgan fingerprint density at radius 2 is 2.00 bits per heavy atom. The molecule has 0 saturated heterocycles. The van der Waals surface area contributed by atoms with E-state index in [0.717, 1.165) is 18.4 Å². The topological polar surface area (TPSA) is 79.3 Å².